The molecule has 1 aliphatic rings. The van der Waals surface area contributed by atoms with Gasteiger partial charge in [-0.25, -0.2) is 8.42 Å². The molecule has 0 spiro atoms. The molecule has 15 heavy (non-hydrogen) atoms. The predicted molar refractivity (Wildman–Crippen MR) is 61.4 cm³/mol. The smallest absolute Gasteiger partial charge is 0.161 e. The van der Waals surface area contributed by atoms with Crippen LogP contribution in [0, 0.1) is 0 Å². The van der Waals surface area contributed by atoms with E-state index in [9.17, 15) is 8.42 Å². The van der Waals surface area contributed by atoms with Gasteiger partial charge in [0.15, 0.2) is 9.84 Å². The molecule has 0 saturated heterocycles. The number of halogens is 1. The van der Waals surface area contributed by atoms with Crippen molar-refractivity contribution in [3.8, 4) is 0 Å². The zero-order valence-corrected chi connectivity index (χ0v) is 11.3. The van der Waals surface area contributed by atoms with Gasteiger partial charge in [-0.1, -0.05) is 20.8 Å². The molecule has 0 unspecified atom stereocenters. The molecule has 5 heteroatoms. The number of sulfone groups is 1. The van der Waals surface area contributed by atoms with Crippen molar-refractivity contribution < 1.29 is 12.8 Å². The third-order valence-corrected chi connectivity index (χ3v) is 4.69. The highest BCUT2D eigenvalue weighted by atomic mass is 79.9. The molecule has 84 valence electrons. The van der Waals surface area contributed by atoms with E-state index in [-0.39, 0.29) is 16.9 Å². The number of furan rings is 1. The Hall–Kier alpha value is -0.290. The summed E-state index contributed by atoms with van der Waals surface area (Å²) in [6, 6.07) is 0. The van der Waals surface area contributed by atoms with Crippen molar-refractivity contribution in [3.63, 3.8) is 0 Å². The molecule has 1 aromatic rings. The Bertz CT molecular complexity index is 506. The second kappa shape index (κ2) is 3.10. The summed E-state index contributed by atoms with van der Waals surface area (Å²) in [6.07, 6.45) is 0. The molecule has 0 amide bonds. The molecule has 0 atom stereocenters. The van der Waals surface area contributed by atoms with E-state index in [0.29, 0.717) is 5.76 Å². The standard InChI is InChI=1S/C10H13BrO3S/c1-10(2,3)9-8(11)6-4-15(12,13)5-7(6)14-9/h4-5H2,1-3H3. The van der Waals surface area contributed by atoms with Crippen molar-refractivity contribution in [2.24, 2.45) is 0 Å². The summed E-state index contributed by atoms with van der Waals surface area (Å²) in [5.41, 5.74) is 0.701. The molecule has 0 radical (unpaired) electrons. The van der Waals surface area contributed by atoms with Crippen molar-refractivity contribution in [1.29, 1.82) is 0 Å². The maximum absolute atomic E-state index is 11.4. The largest absolute Gasteiger partial charge is 0.463 e. The molecule has 2 rings (SSSR count). The molecule has 2 heterocycles. The van der Waals surface area contributed by atoms with Gasteiger partial charge in [0, 0.05) is 11.0 Å². The highest BCUT2D eigenvalue weighted by Gasteiger charge is 2.35. The molecule has 3 nitrogen and oxygen atoms in total. The van der Waals surface area contributed by atoms with Crippen LogP contribution in [0.3, 0.4) is 0 Å². The van der Waals surface area contributed by atoms with Gasteiger partial charge in [-0.3, -0.25) is 0 Å². The van der Waals surface area contributed by atoms with Crippen LogP contribution in [0.5, 0.6) is 0 Å². The van der Waals surface area contributed by atoms with E-state index in [1.807, 2.05) is 20.8 Å². The van der Waals surface area contributed by atoms with Gasteiger partial charge in [-0.15, -0.1) is 0 Å². The quantitative estimate of drug-likeness (QED) is 0.739. The minimum absolute atomic E-state index is 0.0387. The van der Waals surface area contributed by atoms with E-state index < -0.39 is 9.84 Å². The van der Waals surface area contributed by atoms with Crippen LogP contribution in [0.25, 0.3) is 0 Å². The monoisotopic (exact) mass is 292 g/mol. The van der Waals surface area contributed by atoms with Gasteiger partial charge in [0.05, 0.1) is 10.2 Å². The minimum atomic E-state index is -2.97. The maximum atomic E-state index is 11.4. The van der Waals surface area contributed by atoms with Gasteiger partial charge < -0.3 is 4.42 Å². The first kappa shape index (κ1) is 11.2. The SMILES string of the molecule is CC(C)(C)c1oc2c(c1Br)CS(=O)(=O)C2. The van der Waals surface area contributed by atoms with E-state index in [1.54, 1.807) is 0 Å². The Balaban J connectivity index is 2.54. The Labute approximate surface area is 97.9 Å². The number of rotatable bonds is 0. The van der Waals surface area contributed by atoms with Crippen LogP contribution in [-0.2, 0) is 26.8 Å². The minimum Gasteiger partial charge on any atom is -0.463 e. The lowest BCUT2D eigenvalue weighted by molar-refractivity contribution is 0.391. The maximum Gasteiger partial charge on any atom is 0.161 e. The van der Waals surface area contributed by atoms with Crippen molar-refractivity contribution in [1.82, 2.24) is 0 Å². The number of fused-ring (bicyclic) bond motifs is 1. The topological polar surface area (TPSA) is 47.3 Å². The first-order valence-electron chi connectivity index (χ1n) is 4.72. The van der Waals surface area contributed by atoms with Crippen molar-refractivity contribution >= 4 is 25.8 Å². The molecule has 0 aromatic carbocycles. The summed E-state index contributed by atoms with van der Waals surface area (Å²) in [5.74, 6) is 1.58. The zero-order chi connectivity index (χ0) is 11.4. The van der Waals surface area contributed by atoms with Crippen LogP contribution in [0.15, 0.2) is 8.89 Å². The fraction of sp³-hybridized carbons (Fsp3) is 0.600. The van der Waals surface area contributed by atoms with E-state index in [0.717, 1.165) is 15.8 Å². The number of hydrogen-bond donors (Lipinski definition) is 0. The van der Waals surface area contributed by atoms with Gasteiger partial charge in [0.25, 0.3) is 0 Å². The molecule has 1 aliphatic heterocycles. The van der Waals surface area contributed by atoms with Gasteiger partial charge in [-0.2, -0.15) is 0 Å². The molecular weight excluding hydrogens is 280 g/mol. The molecule has 0 aliphatic carbocycles. The Morgan fingerprint density at radius 2 is 1.87 bits per heavy atom. The van der Waals surface area contributed by atoms with Crippen molar-refractivity contribution in [2.45, 2.75) is 37.7 Å². The predicted octanol–water partition coefficient (Wildman–Crippen LogP) is 2.77. The fourth-order valence-electron chi connectivity index (χ4n) is 1.70. The normalized spacial score (nSPS) is 19.2. The van der Waals surface area contributed by atoms with E-state index in [1.165, 1.54) is 0 Å². The first-order valence-corrected chi connectivity index (χ1v) is 7.33. The summed E-state index contributed by atoms with van der Waals surface area (Å²) >= 11 is 3.43. The van der Waals surface area contributed by atoms with Gasteiger partial charge >= 0.3 is 0 Å². The summed E-state index contributed by atoms with van der Waals surface area (Å²) in [5, 5.41) is 0. The second-order valence-corrected chi connectivity index (χ2v) is 7.79. The summed E-state index contributed by atoms with van der Waals surface area (Å²) < 4.78 is 29.2. The molecular formula is C10H13BrO3S. The van der Waals surface area contributed by atoms with E-state index >= 15 is 0 Å². The molecule has 0 bridgehead atoms. The van der Waals surface area contributed by atoms with Crippen molar-refractivity contribution in [3.05, 3.63) is 21.6 Å². The first-order chi connectivity index (χ1) is 6.71. The average Bonchev–Trinajstić information content (AvgIpc) is 2.45. The van der Waals surface area contributed by atoms with Crippen LogP contribution in [-0.4, -0.2) is 8.42 Å². The van der Waals surface area contributed by atoms with Crippen molar-refractivity contribution in [2.75, 3.05) is 0 Å². The van der Waals surface area contributed by atoms with Gasteiger partial charge in [0.2, 0.25) is 0 Å². The third-order valence-electron chi connectivity index (χ3n) is 2.42. The summed E-state index contributed by atoms with van der Waals surface area (Å²) in [6.45, 7) is 6.13. The zero-order valence-electron chi connectivity index (χ0n) is 8.93. The third kappa shape index (κ3) is 1.87. The number of hydrogen-bond acceptors (Lipinski definition) is 3. The molecule has 0 saturated carbocycles. The van der Waals surface area contributed by atoms with E-state index in [4.69, 9.17) is 4.42 Å². The average molecular weight is 293 g/mol. The highest BCUT2D eigenvalue weighted by molar-refractivity contribution is 9.10. The Morgan fingerprint density at radius 3 is 2.33 bits per heavy atom. The lowest BCUT2D eigenvalue weighted by atomic mass is 9.93. The van der Waals surface area contributed by atoms with Crippen LogP contribution in [0.1, 0.15) is 37.9 Å². The Kier molecular flexibility index (Phi) is 2.32. The van der Waals surface area contributed by atoms with Gasteiger partial charge in [0.1, 0.15) is 17.3 Å². The molecule has 1 aromatic heterocycles. The second-order valence-electron chi connectivity index (χ2n) is 4.93. The highest BCUT2D eigenvalue weighted by Crippen LogP contribution is 2.41. The fourth-order valence-corrected chi connectivity index (χ4v) is 4.40. The lowest BCUT2D eigenvalue weighted by Gasteiger charge is -2.15. The van der Waals surface area contributed by atoms with Crippen LogP contribution < -0.4 is 0 Å². The van der Waals surface area contributed by atoms with Crippen LogP contribution >= 0.6 is 15.9 Å². The molecule has 0 fully saturated rings. The lowest BCUT2D eigenvalue weighted by Crippen LogP contribution is -2.11. The van der Waals surface area contributed by atoms with Crippen LogP contribution in [0.2, 0.25) is 0 Å². The summed E-state index contributed by atoms with van der Waals surface area (Å²) in [4.78, 5) is 0. The Morgan fingerprint density at radius 1 is 1.27 bits per heavy atom. The van der Waals surface area contributed by atoms with Gasteiger partial charge in [-0.05, 0) is 15.9 Å². The van der Waals surface area contributed by atoms with Crippen LogP contribution in [0.4, 0.5) is 0 Å². The molecule has 0 N–H and O–H groups in total. The summed E-state index contributed by atoms with van der Waals surface area (Å²) in [7, 11) is -2.97. The van der Waals surface area contributed by atoms with E-state index in [2.05, 4.69) is 15.9 Å².